The highest BCUT2D eigenvalue weighted by Crippen LogP contribution is 2.15. The van der Waals surface area contributed by atoms with E-state index in [9.17, 15) is 9.59 Å². The van der Waals surface area contributed by atoms with Gasteiger partial charge in [-0.3, -0.25) is 14.6 Å². The van der Waals surface area contributed by atoms with Crippen LogP contribution < -0.4 is 4.74 Å². The van der Waals surface area contributed by atoms with E-state index in [-0.39, 0.29) is 11.8 Å². The summed E-state index contributed by atoms with van der Waals surface area (Å²) in [7, 11) is 1.60. The van der Waals surface area contributed by atoms with Crippen LogP contribution in [0.3, 0.4) is 0 Å². The summed E-state index contributed by atoms with van der Waals surface area (Å²) in [6.07, 6.45) is 4.68. The standard InChI is InChI=1S/C20H23N3O3/c1-26-18-7-5-17(6-8-18)20(25)23-13-11-22(12-14-23)19(24)9-4-16-3-2-10-21-15-16/h2-3,5-8,10,15H,4,9,11-14H2,1H3. The van der Waals surface area contributed by atoms with E-state index in [0.717, 1.165) is 11.3 Å². The molecular weight excluding hydrogens is 330 g/mol. The molecule has 1 aliphatic rings. The van der Waals surface area contributed by atoms with Gasteiger partial charge in [-0.1, -0.05) is 6.07 Å². The van der Waals surface area contributed by atoms with Crippen LogP contribution in [-0.4, -0.2) is 59.9 Å². The molecule has 0 saturated carbocycles. The number of aromatic nitrogens is 1. The fourth-order valence-corrected chi connectivity index (χ4v) is 3.03. The normalized spacial score (nSPS) is 14.2. The Hall–Kier alpha value is -2.89. The molecular formula is C20H23N3O3. The number of rotatable bonds is 5. The third kappa shape index (κ3) is 4.39. The number of pyridine rings is 1. The van der Waals surface area contributed by atoms with Gasteiger partial charge in [-0.15, -0.1) is 0 Å². The first kappa shape index (κ1) is 17.9. The zero-order valence-electron chi connectivity index (χ0n) is 14.9. The molecule has 1 aromatic carbocycles. The number of nitrogens with zero attached hydrogens (tertiary/aromatic N) is 3. The van der Waals surface area contributed by atoms with Crippen LogP contribution in [0.25, 0.3) is 0 Å². The van der Waals surface area contributed by atoms with E-state index < -0.39 is 0 Å². The Bertz CT molecular complexity index is 739. The third-order valence-electron chi connectivity index (χ3n) is 4.61. The number of ether oxygens (including phenoxy) is 1. The van der Waals surface area contributed by atoms with Gasteiger partial charge in [0.05, 0.1) is 7.11 Å². The summed E-state index contributed by atoms with van der Waals surface area (Å²) in [6, 6.07) is 11.0. The van der Waals surface area contributed by atoms with Crippen LogP contribution in [0.4, 0.5) is 0 Å². The van der Waals surface area contributed by atoms with Crippen molar-refractivity contribution < 1.29 is 14.3 Å². The first-order chi connectivity index (χ1) is 12.7. The summed E-state index contributed by atoms with van der Waals surface area (Å²) in [4.78, 5) is 32.6. The van der Waals surface area contributed by atoms with Crippen molar-refractivity contribution >= 4 is 11.8 Å². The Kier molecular flexibility index (Phi) is 5.84. The van der Waals surface area contributed by atoms with E-state index in [4.69, 9.17) is 4.74 Å². The van der Waals surface area contributed by atoms with Crippen molar-refractivity contribution in [1.82, 2.24) is 14.8 Å². The maximum atomic E-state index is 12.6. The highest BCUT2D eigenvalue weighted by molar-refractivity contribution is 5.94. The Morgan fingerprint density at radius 1 is 1.04 bits per heavy atom. The van der Waals surface area contributed by atoms with Gasteiger partial charge in [-0.05, 0) is 42.3 Å². The van der Waals surface area contributed by atoms with Crippen LogP contribution in [0.1, 0.15) is 22.3 Å². The highest BCUT2D eigenvalue weighted by atomic mass is 16.5. The van der Waals surface area contributed by atoms with Gasteiger partial charge < -0.3 is 14.5 Å². The van der Waals surface area contributed by atoms with E-state index in [1.165, 1.54) is 0 Å². The highest BCUT2D eigenvalue weighted by Gasteiger charge is 2.24. The van der Waals surface area contributed by atoms with Crippen molar-refractivity contribution in [3.05, 3.63) is 59.9 Å². The zero-order chi connectivity index (χ0) is 18.4. The quantitative estimate of drug-likeness (QED) is 0.825. The van der Waals surface area contributed by atoms with Crippen molar-refractivity contribution in [2.75, 3.05) is 33.3 Å². The molecule has 1 saturated heterocycles. The number of benzene rings is 1. The van der Waals surface area contributed by atoms with Crippen LogP contribution in [0.15, 0.2) is 48.8 Å². The average Bonchev–Trinajstić information content (AvgIpc) is 2.72. The Morgan fingerprint density at radius 2 is 1.73 bits per heavy atom. The monoisotopic (exact) mass is 353 g/mol. The van der Waals surface area contributed by atoms with Crippen molar-refractivity contribution in [2.24, 2.45) is 0 Å². The SMILES string of the molecule is COc1ccc(C(=O)N2CCN(C(=O)CCc3cccnc3)CC2)cc1. The van der Waals surface area contributed by atoms with Gasteiger partial charge >= 0.3 is 0 Å². The van der Waals surface area contributed by atoms with Crippen LogP contribution in [0.5, 0.6) is 5.75 Å². The number of hydrogen-bond donors (Lipinski definition) is 0. The molecule has 1 aliphatic heterocycles. The van der Waals surface area contributed by atoms with Gasteiger partial charge in [0.1, 0.15) is 5.75 Å². The first-order valence-electron chi connectivity index (χ1n) is 8.77. The first-order valence-corrected chi connectivity index (χ1v) is 8.77. The lowest BCUT2D eigenvalue weighted by atomic mass is 10.1. The molecule has 6 nitrogen and oxygen atoms in total. The Balaban J connectivity index is 1.48. The van der Waals surface area contributed by atoms with E-state index in [0.29, 0.717) is 44.6 Å². The van der Waals surface area contributed by atoms with Crippen LogP contribution in [-0.2, 0) is 11.2 Å². The largest absolute Gasteiger partial charge is 0.497 e. The van der Waals surface area contributed by atoms with Crippen molar-refractivity contribution in [3.63, 3.8) is 0 Å². The fourth-order valence-electron chi connectivity index (χ4n) is 3.03. The second kappa shape index (κ2) is 8.47. The smallest absolute Gasteiger partial charge is 0.253 e. The zero-order valence-corrected chi connectivity index (χ0v) is 14.9. The Morgan fingerprint density at radius 3 is 2.35 bits per heavy atom. The van der Waals surface area contributed by atoms with Crippen molar-refractivity contribution in [1.29, 1.82) is 0 Å². The molecule has 0 bridgehead atoms. The molecule has 2 aromatic rings. The molecule has 1 aromatic heterocycles. The average molecular weight is 353 g/mol. The number of amides is 2. The molecule has 0 aliphatic carbocycles. The number of methoxy groups -OCH3 is 1. The lowest BCUT2D eigenvalue weighted by Crippen LogP contribution is -2.50. The van der Waals surface area contributed by atoms with Crippen LogP contribution in [0.2, 0.25) is 0 Å². The summed E-state index contributed by atoms with van der Waals surface area (Å²) >= 11 is 0. The molecule has 0 radical (unpaired) electrons. The van der Waals surface area contributed by atoms with Crippen molar-refractivity contribution in [2.45, 2.75) is 12.8 Å². The van der Waals surface area contributed by atoms with Gasteiger partial charge in [0, 0.05) is 50.6 Å². The van der Waals surface area contributed by atoms with Gasteiger partial charge in [-0.25, -0.2) is 0 Å². The number of aryl methyl sites for hydroxylation is 1. The van der Waals surface area contributed by atoms with Gasteiger partial charge in [0.15, 0.2) is 0 Å². The second-order valence-electron chi connectivity index (χ2n) is 6.26. The third-order valence-corrected chi connectivity index (χ3v) is 4.61. The van der Waals surface area contributed by atoms with E-state index in [1.807, 2.05) is 17.0 Å². The minimum atomic E-state index is -0.00453. The fraction of sp³-hybridized carbons (Fsp3) is 0.350. The van der Waals surface area contributed by atoms with Gasteiger partial charge in [0.25, 0.3) is 5.91 Å². The topological polar surface area (TPSA) is 62.7 Å². The molecule has 1 fully saturated rings. The molecule has 2 amide bonds. The molecule has 0 N–H and O–H groups in total. The van der Waals surface area contributed by atoms with Gasteiger partial charge in [-0.2, -0.15) is 0 Å². The maximum absolute atomic E-state index is 12.6. The van der Waals surface area contributed by atoms with E-state index in [2.05, 4.69) is 4.98 Å². The Labute approximate surface area is 153 Å². The molecule has 2 heterocycles. The second-order valence-corrected chi connectivity index (χ2v) is 6.26. The van der Waals surface area contributed by atoms with Gasteiger partial charge in [0.2, 0.25) is 5.91 Å². The maximum Gasteiger partial charge on any atom is 0.253 e. The predicted molar refractivity (Wildman–Crippen MR) is 98.0 cm³/mol. The van der Waals surface area contributed by atoms with E-state index >= 15 is 0 Å². The molecule has 26 heavy (non-hydrogen) atoms. The summed E-state index contributed by atoms with van der Waals surface area (Å²) in [5.74, 6) is 0.853. The lowest BCUT2D eigenvalue weighted by Gasteiger charge is -2.35. The summed E-state index contributed by atoms with van der Waals surface area (Å²) < 4.78 is 5.12. The molecule has 0 spiro atoms. The molecule has 0 atom stereocenters. The molecule has 136 valence electrons. The van der Waals surface area contributed by atoms with Crippen LogP contribution in [0, 0.1) is 0 Å². The molecule has 6 heteroatoms. The predicted octanol–water partition coefficient (Wildman–Crippen LogP) is 2.01. The summed E-state index contributed by atoms with van der Waals surface area (Å²) in [6.45, 7) is 2.27. The minimum Gasteiger partial charge on any atom is -0.497 e. The number of carbonyl (C=O) groups excluding carboxylic acids is 2. The number of piperazine rings is 1. The van der Waals surface area contributed by atoms with E-state index in [1.54, 1.807) is 48.7 Å². The molecule has 3 rings (SSSR count). The summed E-state index contributed by atoms with van der Waals surface area (Å²) in [5, 5.41) is 0. The van der Waals surface area contributed by atoms with Crippen LogP contribution >= 0.6 is 0 Å². The number of hydrogen-bond acceptors (Lipinski definition) is 4. The lowest BCUT2D eigenvalue weighted by molar-refractivity contribution is -0.132. The molecule has 0 unspecified atom stereocenters. The summed E-state index contributed by atoms with van der Waals surface area (Å²) in [5.41, 5.74) is 1.70. The van der Waals surface area contributed by atoms with Crippen molar-refractivity contribution in [3.8, 4) is 5.75 Å². The number of carbonyl (C=O) groups is 2. The minimum absolute atomic E-state index is 0.00453.